The fraction of sp³-hybridized carbons (Fsp3) is 0.625. The van der Waals surface area contributed by atoms with Crippen LogP contribution in [0.25, 0.3) is 0 Å². The van der Waals surface area contributed by atoms with Gasteiger partial charge < -0.3 is 9.64 Å². The Labute approximate surface area is 140 Å². The number of hydrogen-bond acceptors (Lipinski definition) is 5. The van der Waals surface area contributed by atoms with E-state index in [1.165, 1.54) is 12.8 Å². The molecule has 8 heteroatoms. The lowest BCUT2D eigenvalue weighted by Gasteiger charge is -2.38. The van der Waals surface area contributed by atoms with Gasteiger partial charge in [0.25, 0.3) is 5.91 Å². The number of likely N-dealkylation sites (tertiary alicyclic amines) is 1. The Kier molecular flexibility index (Phi) is 4.05. The van der Waals surface area contributed by atoms with Crippen molar-refractivity contribution in [2.24, 2.45) is 5.92 Å². The summed E-state index contributed by atoms with van der Waals surface area (Å²) < 4.78 is 9.23. The fourth-order valence-electron chi connectivity index (χ4n) is 2.79. The van der Waals surface area contributed by atoms with Crippen LogP contribution in [0.5, 0.6) is 0 Å². The Morgan fingerprint density at radius 3 is 2.88 bits per heavy atom. The molecule has 2 aromatic rings. The summed E-state index contributed by atoms with van der Waals surface area (Å²) in [4.78, 5) is 14.2. The summed E-state index contributed by atoms with van der Waals surface area (Å²) >= 11 is 0. The van der Waals surface area contributed by atoms with Gasteiger partial charge in [-0.25, -0.2) is 4.68 Å². The Morgan fingerprint density at radius 2 is 2.17 bits per heavy atom. The lowest BCUT2D eigenvalue weighted by Crippen LogP contribution is -2.50. The van der Waals surface area contributed by atoms with Crippen molar-refractivity contribution in [3.05, 3.63) is 29.8 Å². The number of ether oxygens (including phenoxy) is 1. The average Bonchev–Trinajstić information content (AvgIpc) is 3.06. The zero-order valence-electron chi connectivity index (χ0n) is 13.8. The Balaban J connectivity index is 1.27. The van der Waals surface area contributed by atoms with Gasteiger partial charge >= 0.3 is 0 Å². The van der Waals surface area contributed by atoms with Gasteiger partial charge in [-0.2, -0.15) is 5.10 Å². The van der Waals surface area contributed by atoms with Crippen LogP contribution in [-0.4, -0.2) is 55.3 Å². The van der Waals surface area contributed by atoms with E-state index in [9.17, 15) is 4.79 Å². The number of carbonyl (C=O) groups is 1. The van der Waals surface area contributed by atoms with Crippen molar-refractivity contribution in [2.45, 2.75) is 39.0 Å². The molecule has 1 saturated heterocycles. The van der Waals surface area contributed by atoms with E-state index in [1.54, 1.807) is 17.1 Å². The Morgan fingerprint density at radius 1 is 1.33 bits per heavy atom. The summed E-state index contributed by atoms with van der Waals surface area (Å²) in [6, 6.07) is 0.194. The summed E-state index contributed by atoms with van der Waals surface area (Å²) in [5.41, 5.74) is 1.49. The number of amides is 1. The molecule has 128 valence electrons. The van der Waals surface area contributed by atoms with E-state index >= 15 is 0 Å². The van der Waals surface area contributed by atoms with Gasteiger partial charge in [-0.3, -0.25) is 9.48 Å². The normalized spacial score (nSPS) is 18.0. The third-order valence-corrected chi connectivity index (χ3v) is 4.59. The quantitative estimate of drug-likeness (QED) is 0.760. The van der Waals surface area contributed by atoms with Crippen LogP contribution in [0, 0.1) is 5.92 Å². The van der Waals surface area contributed by atoms with Gasteiger partial charge in [-0.1, -0.05) is 5.21 Å². The molecule has 24 heavy (non-hydrogen) atoms. The molecule has 1 aliphatic heterocycles. The maximum atomic E-state index is 12.4. The highest BCUT2D eigenvalue weighted by Gasteiger charge is 2.33. The molecule has 0 N–H and O–H groups in total. The number of carbonyl (C=O) groups excluding carboxylic acids is 1. The molecule has 0 aromatic carbocycles. The molecule has 0 bridgehead atoms. The third-order valence-electron chi connectivity index (χ3n) is 4.59. The molecule has 2 aliphatic rings. The van der Waals surface area contributed by atoms with E-state index < -0.39 is 0 Å². The van der Waals surface area contributed by atoms with Crippen molar-refractivity contribution in [1.29, 1.82) is 0 Å². The number of aryl methyl sites for hydroxylation is 1. The number of aromatic nitrogens is 5. The summed E-state index contributed by atoms with van der Waals surface area (Å²) in [5.74, 6) is 0.780. The van der Waals surface area contributed by atoms with E-state index in [0.29, 0.717) is 25.3 Å². The zero-order valence-corrected chi connectivity index (χ0v) is 13.8. The van der Waals surface area contributed by atoms with Crippen LogP contribution in [0.4, 0.5) is 0 Å². The SMILES string of the molecule is CCn1cc(C(=O)N2CC(n3cc(COCC4CC4)nn3)C2)cn1. The van der Waals surface area contributed by atoms with Crippen molar-refractivity contribution < 1.29 is 9.53 Å². The maximum Gasteiger partial charge on any atom is 0.257 e. The molecule has 0 atom stereocenters. The Bertz CT molecular complexity index is 714. The summed E-state index contributed by atoms with van der Waals surface area (Å²) in [6.45, 7) is 5.41. The predicted octanol–water partition coefficient (Wildman–Crippen LogP) is 1.12. The summed E-state index contributed by atoms with van der Waals surface area (Å²) in [7, 11) is 0. The molecule has 1 amide bonds. The first-order valence-electron chi connectivity index (χ1n) is 8.53. The van der Waals surface area contributed by atoms with Gasteiger partial charge in [0, 0.05) is 32.4 Å². The molecule has 1 aliphatic carbocycles. The highest BCUT2D eigenvalue weighted by molar-refractivity contribution is 5.94. The zero-order chi connectivity index (χ0) is 16.5. The van der Waals surface area contributed by atoms with Crippen LogP contribution in [0.3, 0.4) is 0 Å². The minimum atomic E-state index is 0.0269. The second-order valence-electron chi connectivity index (χ2n) is 6.60. The van der Waals surface area contributed by atoms with E-state index in [2.05, 4.69) is 15.4 Å². The lowest BCUT2D eigenvalue weighted by atomic mass is 10.1. The first kappa shape index (κ1) is 15.3. The molecular weight excluding hydrogens is 308 g/mol. The van der Waals surface area contributed by atoms with Crippen molar-refractivity contribution in [1.82, 2.24) is 29.7 Å². The molecule has 3 heterocycles. The van der Waals surface area contributed by atoms with E-state index in [0.717, 1.165) is 24.8 Å². The topological polar surface area (TPSA) is 78.1 Å². The van der Waals surface area contributed by atoms with Gasteiger partial charge in [0.05, 0.1) is 30.6 Å². The molecule has 8 nitrogen and oxygen atoms in total. The number of hydrogen-bond donors (Lipinski definition) is 0. The van der Waals surface area contributed by atoms with Gasteiger partial charge in [0.15, 0.2) is 0 Å². The molecule has 2 aromatic heterocycles. The second kappa shape index (κ2) is 6.35. The van der Waals surface area contributed by atoms with Crippen LogP contribution in [-0.2, 0) is 17.9 Å². The third kappa shape index (κ3) is 3.19. The standard InChI is InChI=1S/C16H22N6O2/c1-2-21-6-13(5-17-21)16(23)20-8-15(9-20)22-7-14(18-19-22)11-24-10-12-3-4-12/h5-7,12,15H,2-4,8-11H2,1H3. The van der Waals surface area contributed by atoms with Crippen LogP contribution in [0.2, 0.25) is 0 Å². The average molecular weight is 330 g/mol. The smallest absolute Gasteiger partial charge is 0.257 e. The largest absolute Gasteiger partial charge is 0.375 e. The van der Waals surface area contributed by atoms with Crippen LogP contribution < -0.4 is 0 Å². The number of nitrogens with zero attached hydrogens (tertiary/aromatic N) is 6. The van der Waals surface area contributed by atoms with Crippen molar-refractivity contribution in [3.63, 3.8) is 0 Å². The highest BCUT2D eigenvalue weighted by Crippen LogP contribution is 2.29. The minimum absolute atomic E-state index is 0.0269. The van der Waals surface area contributed by atoms with Gasteiger partial charge in [0.2, 0.25) is 0 Å². The van der Waals surface area contributed by atoms with Crippen molar-refractivity contribution >= 4 is 5.91 Å². The van der Waals surface area contributed by atoms with E-state index in [4.69, 9.17) is 4.74 Å². The molecule has 0 unspecified atom stereocenters. The van der Waals surface area contributed by atoms with Crippen molar-refractivity contribution in [2.75, 3.05) is 19.7 Å². The molecule has 0 radical (unpaired) electrons. The highest BCUT2D eigenvalue weighted by atomic mass is 16.5. The van der Waals surface area contributed by atoms with Crippen molar-refractivity contribution in [3.8, 4) is 0 Å². The molecule has 0 spiro atoms. The predicted molar refractivity (Wildman–Crippen MR) is 85.2 cm³/mol. The lowest BCUT2D eigenvalue weighted by molar-refractivity contribution is 0.0498. The first-order valence-corrected chi connectivity index (χ1v) is 8.53. The monoisotopic (exact) mass is 330 g/mol. The van der Waals surface area contributed by atoms with Gasteiger partial charge in [-0.15, -0.1) is 5.10 Å². The number of rotatable bonds is 7. The van der Waals surface area contributed by atoms with Crippen LogP contribution >= 0.6 is 0 Å². The molecule has 4 rings (SSSR count). The van der Waals surface area contributed by atoms with Gasteiger partial charge in [-0.05, 0) is 25.7 Å². The maximum absolute atomic E-state index is 12.4. The van der Waals surface area contributed by atoms with E-state index in [-0.39, 0.29) is 11.9 Å². The van der Waals surface area contributed by atoms with E-state index in [1.807, 2.05) is 22.7 Å². The first-order chi connectivity index (χ1) is 11.7. The summed E-state index contributed by atoms with van der Waals surface area (Å²) in [6.07, 6.45) is 7.92. The fourth-order valence-corrected chi connectivity index (χ4v) is 2.79. The van der Waals surface area contributed by atoms with Gasteiger partial charge in [0.1, 0.15) is 5.69 Å². The molecule has 1 saturated carbocycles. The minimum Gasteiger partial charge on any atom is -0.375 e. The molecule has 2 fully saturated rings. The molecular formula is C16H22N6O2. The Hall–Kier alpha value is -2.22. The van der Waals surface area contributed by atoms with Crippen LogP contribution in [0.1, 0.15) is 41.9 Å². The van der Waals surface area contributed by atoms with Crippen LogP contribution in [0.15, 0.2) is 18.6 Å². The summed E-state index contributed by atoms with van der Waals surface area (Å²) in [5, 5.41) is 12.5. The second-order valence-corrected chi connectivity index (χ2v) is 6.60.